The largest absolute Gasteiger partial charge is 0.493 e. The van der Waals surface area contributed by atoms with E-state index in [-0.39, 0.29) is 17.5 Å². The number of ether oxygens (including phenoxy) is 2. The Morgan fingerprint density at radius 2 is 1.93 bits per heavy atom. The second kappa shape index (κ2) is 7.43. The molecule has 0 radical (unpaired) electrons. The number of halogens is 3. The van der Waals surface area contributed by atoms with Crippen LogP contribution in [0, 0.1) is 0 Å². The number of fused-ring (bicyclic) bond motifs is 1. The molecule has 0 fully saturated rings. The molecule has 1 N–H and O–H groups in total. The zero-order valence-corrected chi connectivity index (χ0v) is 15.3. The Morgan fingerprint density at radius 1 is 1.14 bits per heavy atom. The molecule has 1 unspecified atom stereocenters. The Hall–Kier alpha value is -3.20. The van der Waals surface area contributed by atoms with Crippen molar-refractivity contribution < 1.29 is 18.3 Å². The van der Waals surface area contributed by atoms with Gasteiger partial charge in [-0.1, -0.05) is 34.9 Å². The van der Waals surface area contributed by atoms with Crippen LogP contribution >= 0.6 is 11.6 Å². The maximum Gasteiger partial charge on any atom is 0.387 e. The van der Waals surface area contributed by atoms with E-state index < -0.39 is 6.61 Å². The smallest absolute Gasteiger partial charge is 0.387 e. The number of hydrogen-bond acceptors (Lipinski definition) is 6. The van der Waals surface area contributed by atoms with Gasteiger partial charge >= 0.3 is 6.61 Å². The van der Waals surface area contributed by atoms with Gasteiger partial charge in [0.2, 0.25) is 5.95 Å². The van der Waals surface area contributed by atoms with Crippen LogP contribution in [0.2, 0.25) is 5.02 Å². The summed E-state index contributed by atoms with van der Waals surface area (Å²) in [7, 11) is 1.39. The van der Waals surface area contributed by atoms with Gasteiger partial charge in [0.05, 0.1) is 7.11 Å². The van der Waals surface area contributed by atoms with Crippen molar-refractivity contribution in [3.63, 3.8) is 0 Å². The van der Waals surface area contributed by atoms with Crippen LogP contribution in [0.15, 0.2) is 48.5 Å². The summed E-state index contributed by atoms with van der Waals surface area (Å²) in [4.78, 5) is 0. The monoisotopic (exact) mass is 405 g/mol. The minimum atomic E-state index is -2.94. The van der Waals surface area contributed by atoms with Gasteiger partial charge in [-0.2, -0.15) is 13.5 Å². The number of alkyl halides is 2. The van der Waals surface area contributed by atoms with E-state index in [0.717, 1.165) is 16.8 Å². The number of aromatic nitrogens is 4. The van der Waals surface area contributed by atoms with Crippen LogP contribution in [0.25, 0.3) is 5.70 Å². The van der Waals surface area contributed by atoms with E-state index in [1.807, 2.05) is 18.2 Å². The standard InChI is InChI=1S/C18H14ClF2N5O2/c1-27-16-8-11(4-7-15(16)28-17(20)21)14-9-13(10-2-5-12(19)6-3-10)22-18-23-24-25-26(14)18/h2-9,14,17H,1H3,(H,22,23,25). The summed E-state index contributed by atoms with van der Waals surface area (Å²) < 4.78 is 36.4. The quantitative estimate of drug-likeness (QED) is 0.691. The highest BCUT2D eigenvalue weighted by atomic mass is 35.5. The average Bonchev–Trinajstić information content (AvgIpc) is 3.16. The Bertz CT molecular complexity index is 1020. The van der Waals surface area contributed by atoms with Crippen molar-refractivity contribution in [2.75, 3.05) is 12.4 Å². The Labute approximate surface area is 163 Å². The summed E-state index contributed by atoms with van der Waals surface area (Å²) >= 11 is 5.97. The number of methoxy groups -OCH3 is 1. The molecule has 10 heteroatoms. The van der Waals surface area contributed by atoms with Crippen LogP contribution in [0.3, 0.4) is 0 Å². The number of nitrogens with one attached hydrogen (secondary N) is 1. The van der Waals surface area contributed by atoms with Gasteiger partial charge in [0.1, 0.15) is 6.04 Å². The van der Waals surface area contributed by atoms with Crippen molar-refractivity contribution in [2.24, 2.45) is 0 Å². The highest BCUT2D eigenvalue weighted by Gasteiger charge is 2.25. The van der Waals surface area contributed by atoms with E-state index in [0.29, 0.717) is 11.0 Å². The van der Waals surface area contributed by atoms with Crippen molar-refractivity contribution in [2.45, 2.75) is 12.7 Å². The first-order valence-corrected chi connectivity index (χ1v) is 8.58. The molecule has 1 aliphatic rings. The van der Waals surface area contributed by atoms with Gasteiger partial charge in [-0.15, -0.1) is 0 Å². The third-order valence-electron chi connectivity index (χ3n) is 4.23. The molecule has 0 aliphatic carbocycles. The number of benzene rings is 2. The molecule has 0 amide bonds. The van der Waals surface area contributed by atoms with Crippen LogP contribution in [-0.4, -0.2) is 33.9 Å². The molecule has 0 saturated carbocycles. The first kappa shape index (κ1) is 18.2. The molecule has 0 bridgehead atoms. The summed E-state index contributed by atoms with van der Waals surface area (Å²) in [6.07, 6.45) is 1.93. The molecule has 3 aromatic rings. The number of rotatable bonds is 5. The second-order valence-electron chi connectivity index (χ2n) is 5.89. The minimum Gasteiger partial charge on any atom is -0.493 e. The van der Waals surface area contributed by atoms with Crippen molar-refractivity contribution in [1.82, 2.24) is 20.2 Å². The Morgan fingerprint density at radius 3 is 2.64 bits per heavy atom. The molecule has 1 aromatic heterocycles. The SMILES string of the molecule is COc1cc(C2C=C(c3ccc(Cl)cc3)Nc3nnnn32)ccc1OC(F)F. The van der Waals surface area contributed by atoms with E-state index in [1.54, 1.807) is 28.9 Å². The van der Waals surface area contributed by atoms with Crippen molar-refractivity contribution >= 4 is 23.2 Å². The Balaban J connectivity index is 1.76. The van der Waals surface area contributed by atoms with Gasteiger partial charge in [-0.05, 0) is 51.9 Å². The molecule has 2 aromatic carbocycles. The van der Waals surface area contributed by atoms with Gasteiger partial charge in [-0.25, -0.2) is 0 Å². The zero-order chi connectivity index (χ0) is 19.7. The van der Waals surface area contributed by atoms with Crippen LogP contribution < -0.4 is 14.8 Å². The van der Waals surface area contributed by atoms with Gasteiger partial charge in [0, 0.05) is 10.7 Å². The summed E-state index contributed by atoms with van der Waals surface area (Å²) in [5.74, 6) is 0.589. The first-order chi connectivity index (χ1) is 13.5. The van der Waals surface area contributed by atoms with Crippen LogP contribution in [0.5, 0.6) is 11.5 Å². The van der Waals surface area contributed by atoms with Crippen molar-refractivity contribution in [3.8, 4) is 11.5 Å². The molecule has 1 aliphatic heterocycles. The third kappa shape index (κ3) is 3.48. The summed E-state index contributed by atoms with van der Waals surface area (Å²) in [5.41, 5.74) is 2.42. The fourth-order valence-corrected chi connectivity index (χ4v) is 3.08. The fourth-order valence-electron chi connectivity index (χ4n) is 2.95. The molecule has 1 atom stereocenters. The lowest BCUT2D eigenvalue weighted by Crippen LogP contribution is -2.20. The average molecular weight is 406 g/mol. The number of anilines is 1. The topological polar surface area (TPSA) is 74.1 Å². The highest BCUT2D eigenvalue weighted by molar-refractivity contribution is 6.30. The number of tetrazole rings is 1. The highest BCUT2D eigenvalue weighted by Crippen LogP contribution is 2.36. The summed E-state index contributed by atoms with van der Waals surface area (Å²) in [6.45, 7) is -2.94. The van der Waals surface area contributed by atoms with Crippen molar-refractivity contribution in [1.29, 1.82) is 0 Å². The van der Waals surface area contributed by atoms with Gasteiger partial charge in [0.15, 0.2) is 11.5 Å². The lowest BCUT2D eigenvalue weighted by atomic mass is 10.0. The Kier molecular flexibility index (Phi) is 4.82. The first-order valence-electron chi connectivity index (χ1n) is 8.20. The summed E-state index contributed by atoms with van der Waals surface area (Å²) in [6, 6.07) is 11.6. The molecule has 0 spiro atoms. The van der Waals surface area contributed by atoms with Gasteiger partial charge in [0.25, 0.3) is 0 Å². The summed E-state index contributed by atoms with van der Waals surface area (Å²) in [5, 5.41) is 15.5. The van der Waals surface area contributed by atoms with E-state index >= 15 is 0 Å². The molecule has 28 heavy (non-hydrogen) atoms. The van der Waals surface area contributed by atoms with Crippen LogP contribution in [0.4, 0.5) is 14.7 Å². The fraction of sp³-hybridized carbons (Fsp3) is 0.167. The predicted octanol–water partition coefficient (Wildman–Crippen LogP) is 3.99. The molecular formula is C18H14ClF2N5O2. The number of nitrogens with zero attached hydrogens (tertiary/aromatic N) is 4. The van der Waals surface area contributed by atoms with Crippen LogP contribution in [-0.2, 0) is 0 Å². The normalized spacial score (nSPS) is 15.6. The predicted molar refractivity (Wildman–Crippen MR) is 98.6 cm³/mol. The van der Waals surface area contributed by atoms with E-state index in [4.69, 9.17) is 16.3 Å². The lowest BCUT2D eigenvalue weighted by molar-refractivity contribution is -0.0512. The molecule has 0 saturated heterocycles. The molecule has 144 valence electrons. The minimum absolute atomic E-state index is 0.0472. The van der Waals surface area contributed by atoms with Gasteiger partial charge in [-0.3, -0.25) is 0 Å². The van der Waals surface area contributed by atoms with E-state index in [9.17, 15) is 8.78 Å². The molecule has 7 nitrogen and oxygen atoms in total. The van der Waals surface area contributed by atoms with Crippen molar-refractivity contribution in [3.05, 3.63) is 64.7 Å². The third-order valence-corrected chi connectivity index (χ3v) is 4.48. The molecule has 4 rings (SSSR count). The number of hydrogen-bond donors (Lipinski definition) is 1. The number of allylic oxidation sites excluding steroid dienone is 1. The van der Waals surface area contributed by atoms with E-state index in [1.165, 1.54) is 13.2 Å². The molecular weight excluding hydrogens is 392 g/mol. The molecule has 2 heterocycles. The van der Waals surface area contributed by atoms with Crippen LogP contribution in [0.1, 0.15) is 17.2 Å². The van der Waals surface area contributed by atoms with Gasteiger partial charge < -0.3 is 14.8 Å². The second-order valence-corrected chi connectivity index (χ2v) is 6.33. The zero-order valence-electron chi connectivity index (χ0n) is 14.5. The lowest BCUT2D eigenvalue weighted by Gasteiger charge is -2.24. The maximum atomic E-state index is 12.6. The maximum absolute atomic E-state index is 12.6. The van der Waals surface area contributed by atoms with E-state index in [2.05, 4.69) is 25.6 Å².